The van der Waals surface area contributed by atoms with Crippen molar-refractivity contribution in [2.75, 3.05) is 0 Å². The molecule has 0 atom stereocenters. The summed E-state index contributed by atoms with van der Waals surface area (Å²) < 4.78 is 2.00. The molecule has 0 bridgehead atoms. The molecule has 0 radical (unpaired) electrons. The van der Waals surface area contributed by atoms with Crippen molar-refractivity contribution in [3.8, 4) is 0 Å². The van der Waals surface area contributed by atoms with E-state index in [0.29, 0.717) is 0 Å². The average molecular weight is 200 g/mol. The molecule has 0 saturated heterocycles. The third-order valence-corrected chi connectivity index (χ3v) is 3.50. The van der Waals surface area contributed by atoms with Crippen LogP contribution in [0.25, 0.3) is 10.9 Å². The molecule has 1 aromatic carbocycles. The maximum Gasteiger partial charge on any atom is 0.0684 e. The van der Waals surface area contributed by atoms with Crippen LogP contribution in [0.3, 0.4) is 0 Å². The van der Waals surface area contributed by atoms with Gasteiger partial charge in [0.25, 0.3) is 0 Å². The van der Waals surface area contributed by atoms with Crippen molar-refractivity contribution in [1.29, 1.82) is 0 Å². The lowest BCUT2D eigenvalue weighted by Crippen LogP contribution is -2.02. The second kappa shape index (κ2) is 3.09. The van der Waals surface area contributed by atoms with Gasteiger partial charge in [-0.3, -0.25) is 4.68 Å². The summed E-state index contributed by atoms with van der Waals surface area (Å²) in [7, 11) is 2.03. The number of fused-ring (bicyclic) bond motifs is 2. The first-order valence-corrected chi connectivity index (χ1v) is 5.71. The van der Waals surface area contributed by atoms with Crippen LogP contribution in [0.15, 0.2) is 12.1 Å². The Labute approximate surface area is 89.9 Å². The molecule has 15 heavy (non-hydrogen) atoms. The van der Waals surface area contributed by atoms with Gasteiger partial charge < -0.3 is 0 Å². The summed E-state index contributed by atoms with van der Waals surface area (Å²) in [4.78, 5) is 0. The van der Waals surface area contributed by atoms with E-state index in [4.69, 9.17) is 0 Å². The number of hydrogen-bond donors (Lipinski definition) is 0. The van der Waals surface area contributed by atoms with Crippen molar-refractivity contribution < 1.29 is 0 Å². The lowest BCUT2D eigenvalue weighted by Gasteiger charge is -2.15. The highest BCUT2D eigenvalue weighted by atomic mass is 15.3. The minimum atomic E-state index is 1.15. The van der Waals surface area contributed by atoms with Gasteiger partial charge in [-0.1, -0.05) is 0 Å². The third kappa shape index (κ3) is 1.28. The standard InChI is InChI=1S/C13H16N2/c1-9-12-7-10-5-3-4-6-11(10)8-13(12)15(2)14-9/h7-8H,3-6H2,1-2H3. The topological polar surface area (TPSA) is 17.8 Å². The van der Waals surface area contributed by atoms with E-state index >= 15 is 0 Å². The summed E-state index contributed by atoms with van der Waals surface area (Å²) in [5.41, 5.74) is 5.52. The molecule has 2 aromatic rings. The molecule has 0 N–H and O–H groups in total. The summed E-state index contributed by atoms with van der Waals surface area (Å²) in [5, 5.41) is 5.81. The zero-order valence-electron chi connectivity index (χ0n) is 9.38. The molecule has 0 amide bonds. The summed E-state index contributed by atoms with van der Waals surface area (Å²) >= 11 is 0. The van der Waals surface area contributed by atoms with Gasteiger partial charge in [-0.15, -0.1) is 0 Å². The maximum atomic E-state index is 4.48. The predicted octanol–water partition coefficient (Wildman–Crippen LogP) is 2.76. The quantitative estimate of drug-likeness (QED) is 0.639. The van der Waals surface area contributed by atoms with Crippen LogP contribution in [-0.2, 0) is 19.9 Å². The fourth-order valence-corrected chi connectivity index (χ4v) is 2.66. The maximum absolute atomic E-state index is 4.48. The monoisotopic (exact) mass is 200 g/mol. The normalized spacial score (nSPS) is 15.6. The van der Waals surface area contributed by atoms with Crippen molar-refractivity contribution in [1.82, 2.24) is 9.78 Å². The van der Waals surface area contributed by atoms with Crippen molar-refractivity contribution in [3.05, 3.63) is 29.0 Å². The molecule has 0 aliphatic heterocycles. The average Bonchev–Trinajstić information content (AvgIpc) is 2.52. The number of nitrogens with zero attached hydrogens (tertiary/aromatic N) is 2. The second-order valence-corrected chi connectivity index (χ2v) is 4.55. The van der Waals surface area contributed by atoms with Crippen LogP contribution in [-0.4, -0.2) is 9.78 Å². The molecule has 0 saturated carbocycles. The Hall–Kier alpha value is -1.31. The minimum absolute atomic E-state index is 1.15. The fourth-order valence-electron chi connectivity index (χ4n) is 2.66. The lowest BCUT2D eigenvalue weighted by molar-refractivity contribution is 0.686. The molecule has 2 nitrogen and oxygen atoms in total. The molecule has 0 unspecified atom stereocenters. The zero-order chi connectivity index (χ0) is 10.4. The third-order valence-electron chi connectivity index (χ3n) is 3.50. The molecule has 1 heterocycles. The van der Waals surface area contributed by atoms with E-state index in [1.54, 1.807) is 5.56 Å². The molecule has 1 aromatic heterocycles. The van der Waals surface area contributed by atoms with Gasteiger partial charge >= 0.3 is 0 Å². The Bertz CT molecular complexity index is 477. The SMILES string of the molecule is Cc1nn(C)c2cc3c(cc12)CCCC3. The van der Waals surface area contributed by atoms with Crippen molar-refractivity contribution in [2.45, 2.75) is 32.6 Å². The molecule has 78 valence electrons. The van der Waals surface area contributed by atoms with Crippen molar-refractivity contribution >= 4 is 10.9 Å². The van der Waals surface area contributed by atoms with E-state index in [2.05, 4.69) is 24.2 Å². The van der Waals surface area contributed by atoms with Gasteiger partial charge in [0.05, 0.1) is 11.2 Å². The van der Waals surface area contributed by atoms with E-state index in [9.17, 15) is 0 Å². The van der Waals surface area contributed by atoms with Crippen molar-refractivity contribution in [3.63, 3.8) is 0 Å². The van der Waals surface area contributed by atoms with E-state index in [1.807, 2.05) is 11.7 Å². The number of aryl methyl sites for hydroxylation is 4. The van der Waals surface area contributed by atoms with Crippen LogP contribution in [0, 0.1) is 6.92 Å². The highest BCUT2D eigenvalue weighted by molar-refractivity contribution is 5.83. The van der Waals surface area contributed by atoms with Crippen LogP contribution in [0.1, 0.15) is 29.7 Å². The molecule has 2 heteroatoms. The van der Waals surface area contributed by atoms with E-state index in [0.717, 1.165) is 5.69 Å². The smallest absolute Gasteiger partial charge is 0.0684 e. The highest BCUT2D eigenvalue weighted by Gasteiger charge is 2.13. The van der Waals surface area contributed by atoms with Gasteiger partial charge in [-0.2, -0.15) is 5.10 Å². The van der Waals surface area contributed by atoms with Crippen LogP contribution in [0.5, 0.6) is 0 Å². The Morgan fingerprint density at radius 3 is 2.53 bits per heavy atom. The number of benzene rings is 1. The molecular weight excluding hydrogens is 184 g/mol. The molecular formula is C13H16N2. The Morgan fingerprint density at radius 1 is 1.13 bits per heavy atom. The summed E-state index contributed by atoms with van der Waals surface area (Å²) in [6, 6.07) is 4.69. The van der Waals surface area contributed by atoms with Gasteiger partial charge in [-0.05, 0) is 55.9 Å². The first kappa shape index (κ1) is 8.96. The van der Waals surface area contributed by atoms with Crippen LogP contribution in [0.4, 0.5) is 0 Å². The number of aromatic nitrogens is 2. The Morgan fingerprint density at radius 2 is 1.80 bits per heavy atom. The van der Waals surface area contributed by atoms with Crippen LogP contribution in [0.2, 0.25) is 0 Å². The molecule has 1 aliphatic carbocycles. The predicted molar refractivity (Wildman–Crippen MR) is 62.1 cm³/mol. The first-order chi connectivity index (χ1) is 7.25. The molecule has 1 aliphatic rings. The minimum Gasteiger partial charge on any atom is -0.268 e. The lowest BCUT2D eigenvalue weighted by atomic mass is 9.90. The number of rotatable bonds is 0. The Balaban J connectivity index is 2.32. The van der Waals surface area contributed by atoms with E-state index < -0.39 is 0 Å². The van der Waals surface area contributed by atoms with Gasteiger partial charge in [-0.25, -0.2) is 0 Å². The molecule has 0 fully saturated rings. The second-order valence-electron chi connectivity index (χ2n) is 4.55. The first-order valence-electron chi connectivity index (χ1n) is 5.71. The van der Waals surface area contributed by atoms with Crippen LogP contribution < -0.4 is 0 Å². The number of hydrogen-bond acceptors (Lipinski definition) is 1. The van der Waals surface area contributed by atoms with E-state index in [-0.39, 0.29) is 0 Å². The van der Waals surface area contributed by atoms with Gasteiger partial charge in [0, 0.05) is 12.4 Å². The van der Waals surface area contributed by atoms with Gasteiger partial charge in [0.1, 0.15) is 0 Å². The highest BCUT2D eigenvalue weighted by Crippen LogP contribution is 2.27. The van der Waals surface area contributed by atoms with Crippen LogP contribution >= 0.6 is 0 Å². The van der Waals surface area contributed by atoms with E-state index in [1.165, 1.54) is 42.1 Å². The zero-order valence-corrected chi connectivity index (χ0v) is 9.38. The molecule has 3 rings (SSSR count). The summed E-state index contributed by atoms with van der Waals surface area (Å²) in [6.45, 7) is 2.09. The summed E-state index contributed by atoms with van der Waals surface area (Å²) in [5.74, 6) is 0. The van der Waals surface area contributed by atoms with Crippen molar-refractivity contribution in [2.24, 2.45) is 7.05 Å². The van der Waals surface area contributed by atoms with Gasteiger partial charge in [0.15, 0.2) is 0 Å². The Kier molecular flexibility index (Phi) is 1.84. The van der Waals surface area contributed by atoms with Gasteiger partial charge in [0.2, 0.25) is 0 Å². The summed E-state index contributed by atoms with van der Waals surface area (Å²) in [6.07, 6.45) is 5.18. The fraction of sp³-hybridized carbons (Fsp3) is 0.462. The molecule has 0 spiro atoms. The largest absolute Gasteiger partial charge is 0.268 e.